The van der Waals surface area contributed by atoms with Crippen LogP contribution in [0.3, 0.4) is 0 Å². The van der Waals surface area contributed by atoms with Crippen molar-refractivity contribution in [3.8, 4) is 11.5 Å². The maximum absolute atomic E-state index is 14.4. The lowest BCUT2D eigenvalue weighted by molar-refractivity contribution is -0.0177. The van der Waals surface area contributed by atoms with Gasteiger partial charge in [-0.15, -0.1) is 0 Å². The predicted molar refractivity (Wildman–Crippen MR) is 188 cm³/mol. The molecule has 1 aliphatic rings. The van der Waals surface area contributed by atoms with E-state index in [2.05, 4.69) is 23.6 Å². The second-order valence-electron chi connectivity index (χ2n) is 13.0. The average Bonchev–Trinajstić information content (AvgIpc) is 3.06. The molecule has 1 aliphatic heterocycles. The third kappa shape index (κ3) is 10.2. The number of anilines is 1. The van der Waals surface area contributed by atoms with Crippen LogP contribution in [0.5, 0.6) is 11.5 Å². The molecule has 0 saturated heterocycles. The van der Waals surface area contributed by atoms with Gasteiger partial charge < -0.3 is 24.2 Å². The molecular weight excluding hydrogens is 630 g/mol. The number of aliphatic hydroxyl groups is 1. The van der Waals surface area contributed by atoms with Crippen LogP contribution in [-0.2, 0) is 21.3 Å². The van der Waals surface area contributed by atoms with Crippen LogP contribution < -0.4 is 14.2 Å². The summed E-state index contributed by atoms with van der Waals surface area (Å²) in [5.41, 5.74) is 2.56. The van der Waals surface area contributed by atoms with Gasteiger partial charge in [0.1, 0.15) is 11.5 Å². The smallest absolute Gasteiger partial charge is 0.261 e. The van der Waals surface area contributed by atoms with E-state index in [1.165, 1.54) is 6.07 Å². The molecule has 3 aromatic rings. The molecule has 0 aromatic heterocycles. The van der Waals surface area contributed by atoms with Gasteiger partial charge in [0.15, 0.2) is 0 Å². The second kappa shape index (κ2) is 17.1. The van der Waals surface area contributed by atoms with E-state index in [0.29, 0.717) is 25.4 Å². The molecule has 1 heterocycles. The van der Waals surface area contributed by atoms with Crippen molar-refractivity contribution in [2.75, 3.05) is 45.2 Å². The number of benzene rings is 3. The highest BCUT2D eigenvalue weighted by Gasteiger charge is 2.30. The lowest BCUT2D eigenvalue weighted by Gasteiger charge is -2.36. The van der Waals surface area contributed by atoms with Gasteiger partial charge in [0.25, 0.3) is 15.9 Å². The minimum Gasteiger partial charge on any atom is -0.497 e. The molecule has 48 heavy (non-hydrogen) atoms. The van der Waals surface area contributed by atoms with Gasteiger partial charge in [0.05, 0.1) is 42.4 Å². The van der Waals surface area contributed by atoms with Crippen molar-refractivity contribution >= 4 is 21.6 Å². The number of likely N-dealkylation sites (N-methyl/N-ethyl adjacent to an activating group) is 1. The van der Waals surface area contributed by atoms with Crippen molar-refractivity contribution in [1.82, 2.24) is 9.80 Å². The molecule has 0 radical (unpaired) electrons. The molecule has 0 spiro atoms. The lowest BCUT2D eigenvalue weighted by atomic mass is 10.0. The van der Waals surface area contributed by atoms with E-state index in [9.17, 15) is 18.3 Å². The molecule has 0 saturated carbocycles. The number of methoxy groups -OCH3 is 1. The van der Waals surface area contributed by atoms with E-state index in [0.717, 1.165) is 42.7 Å². The Balaban J connectivity index is 1.62. The molecule has 0 unspecified atom stereocenters. The summed E-state index contributed by atoms with van der Waals surface area (Å²) in [6.45, 7) is 9.73. The topological polar surface area (TPSA) is 118 Å². The van der Waals surface area contributed by atoms with E-state index in [-0.39, 0.29) is 46.8 Å². The fraction of sp³-hybridized carbons (Fsp3) is 0.486. The number of ether oxygens (including phenoxy) is 3. The zero-order chi connectivity index (χ0) is 34.8. The van der Waals surface area contributed by atoms with Crippen molar-refractivity contribution < 1.29 is 32.5 Å². The molecule has 0 bridgehead atoms. The Bertz CT molecular complexity index is 1580. The van der Waals surface area contributed by atoms with Crippen LogP contribution in [0.25, 0.3) is 0 Å². The summed E-state index contributed by atoms with van der Waals surface area (Å²) >= 11 is 0. The number of hydrogen-bond donors (Lipinski definition) is 2. The van der Waals surface area contributed by atoms with Crippen LogP contribution >= 0.6 is 0 Å². The van der Waals surface area contributed by atoms with Crippen molar-refractivity contribution in [1.29, 1.82) is 0 Å². The Labute approximate surface area is 286 Å². The largest absolute Gasteiger partial charge is 0.497 e. The maximum Gasteiger partial charge on any atom is 0.261 e. The quantitative estimate of drug-likeness (QED) is 0.279. The Kier molecular flexibility index (Phi) is 13.3. The number of carbonyl (C=O) groups is 1. The molecule has 262 valence electrons. The van der Waals surface area contributed by atoms with Gasteiger partial charge in [-0.05, 0) is 95.1 Å². The standard InChI is InChI=1S/C37H51N3O7S/c1-26-10-17-33(18-11-26)48(43,44)38-31-14-19-35-34(21-31)37(42)40(28(3)25-41)22-27(2)36(46-20-8-7-9-29(4)47-35)24-39(5)23-30-12-15-32(45-6)16-13-30/h10-19,21,27-29,36,38,41H,7-9,20,22-25H2,1-6H3/t27-,28-,29-,36+/m1/s1. The summed E-state index contributed by atoms with van der Waals surface area (Å²) in [5.74, 6) is 0.738. The molecule has 1 amide bonds. The molecule has 0 aliphatic carbocycles. The SMILES string of the molecule is COc1ccc(CN(C)C[C@@H]2OCCCC[C@@H](C)Oc3ccc(NS(=O)(=O)c4ccc(C)cc4)cc3C(=O)N([C@H](C)CO)C[C@H]2C)cc1. The minimum absolute atomic E-state index is 0.0873. The Morgan fingerprint density at radius 2 is 1.77 bits per heavy atom. The molecule has 4 atom stereocenters. The number of fused-ring (bicyclic) bond motifs is 1. The van der Waals surface area contributed by atoms with Gasteiger partial charge in [-0.3, -0.25) is 14.4 Å². The van der Waals surface area contributed by atoms with Crippen molar-refractivity contribution in [2.24, 2.45) is 5.92 Å². The molecular formula is C37H51N3O7S. The van der Waals surface area contributed by atoms with E-state index < -0.39 is 16.1 Å². The van der Waals surface area contributed by atoms with Crippen LogP contribution in [0.15, 0.2) is 71.6 Å². The number of aliphatic hydroxyl groups excluding tert-OH is 1. The van der Waals surface area contributed by atoms with Gasteiger partial charge in [0, 0.05) is 37.8 Å². The average molecular weight is 682 g/mol. The van der Waals surface area contributed by atoms with E-state index >= 15 is 0 Å². The first-order chi connectivity index (χ1) is 22.9. The number of aryl methyl sites for hydroxylation is 1. The lowest BCUT2D eigenvalue weighted by Crippen LogP contribution is -2.47. The molecule has 2 N–H and O–H groups in total. The normalized spacial score (nSPS) is 20.4. The zero-order valence-corrected chi connectivity index (χ0v) is 29.8. The zero-order valence-electron chi connectivity index (χ0n) is 29.0. The first kappa shape index (κ1) is 37.2. The van der Waals surface area contributed by atoms with E-state index in [1.807, 2.05) is 38.1 Å². The molecule has 11 heteroatoms. The highest BCUT2D eigenvalue weighted by Crippen LogP contribution is 2.30. The number of nitrogens with zero attached hydrogens (tertiary/aromatic N) is 2. The van der Waals surface area contributed by atoms with Crippen LogP contribution in [-0.4, -0.2) is 87.9 Å². The minimum atomic E-state index is -3.91. The third-order valence-corrected chi connectivity index (χ3v) is 10.1. The first-order valence-corrected chi connectivity index (χ1v) is 18.1. The van der Waals surface area contributed by atoms with E-state index in [1.54, 1.807) is 55.3 Å². The Hall–Kier alpha value is -3.64. The van der Waals surface area contributed by atoms with Gasteiger partial charge in [-0.2, -0.15) is 0 Å². The second-order valence-corrected chi connectivity index (χ2v) is 14.7. The number of nitrogens with one attached hydrogen (secondary N) is 1. The van der Waals surface area contributed by atoms with Crippen molar-refractivity contribution in [3.63, 3.8) is 0 Å². The highest BCUT2D eigenvalue weighted by molar-refractivity contribution is 7.92. The van der Waals surface area contributed by atoms with Crippen LogP contribution in [0.1, 0.15) is 61.5 Å². The molecule has 10 nitrogen and oxygen atoms in total. The van der Waals surface area contributed by atoms with E-state index in [4.69, 9.17) is 14.2 Å². The number of hydrogen-bond acceptors (Lipinski definition) is 8. The summed E-state index contributed by atoms with van der Waals surface area (Å²) in [5, 5.41) is 10.3. The third-order valence-electron chi connectivity index (χ3n) is 8.74. The van der Waals surface area contributed by atoms with Gasteiger partial charge in [-0.25, -0.2) is 8.42 Å². The summed E-state index contributed by atoms with van der Waals surface area (Å²) in [6, 6.07) is 18.8. The number of rotatable bonds is 10. The van der Waals surface area contributed by atoms with Gasteiger partial charge >= 0.3 is 0 Å². The van der Waals surface area contributed by atoms with Crippen molar-refractivity contribution in [2.45, 2.75) is 76.6 Å². The van der Waals surface area contributed by atoms with Crippen molar-refractivity contribution in [3.05, 3.63) is 83.4 Å². The number of carbonyl (C=O) groups excluding carboxylic acids is 1. The number of amides is 1. The van der Waals surface area contributed by atoms with Gasteiger partial charge in [0.2, 0.25) is 0 Å². The predicted octanol–water partition coefficient (Wildman–Crippen LogP) is 5.73. The van der Waals surface area contributed by atoms with Crippen LogP contribution in [0.4, 0.5) is 5.69 Å². The first-order valence-electron chi connectivity index (χ1n) is 16.6. The fourth-order valence-corrected chi connectivity index (χ4v) is 6.84. The summed E-state index contributed by atoms with van der Waals surface area (Å²) in [6.07, 6.45) is 2.13. The van der Waals surface area contributed by atoms with Crippen LogP contribution in [0.2, 0.25) is 0 Å². The Morgan fingerprint density at radius 1 is 1.06 bits per heavy atom. The van der Waals surface area contributed by atoms with Crippen LogP contribution in [0, 0.1) is 12.8 Å². The highest BCUT2D eigenvalue weighted by atomic mass is 32.2. The number of sulfonamides is 1. The molecule has 4 rings (SSSR count). The summed E-state index contributed by atoms with van der Waals surface area (Å²) < 4.78 is 47.2. The maximum atomic E-state index is 14.4. The monoisotopic (exact) mass is 681 g/mol. The Morgan fingerprint density at radius 3 is 2.44 bits per heavy atom. The fourth-order valence-electron chi connectivity index (χ4n) is 5.79. The summed E-state index contributed by atoms with van der Waals surface area (Å²) in [4.78, 5) is 18.4. The molecule has 3 aromatic carbocycles. The summed E-state index contributed by atoms with van der Waals surface area (Å²) in [7, 11) is -0.200. The van der Waals surface area contributed by atoms with Gasteiger partial charge in [-0.1, -0.05) is 36.8 Å². The molecule has 0 fully saturated rings.